The van der Waals surface area contributed by atoms with Gasteiger partial charge in [0.05, 0.1) is 10.2 Å². The predicted molar refractivity (Wildman–Crippen MR) is 87.9 cm³/mol. The van der Waals surface area contributed by atoms with Gasteiger partial charge in [0.15, 0.2) is 0 Å². The molecule has 1 heterocycles. The van der Waals surface area contributed by atoms with Crippen LogP contribution >= 0.6 is 11.3 Å². The van der Waals surface area contributed by atoms with E-state index in [1.54, 1.807) is 11.3 Å². The summed E-state index contributed by atoms with van der Waals surface area (Å²) >= 11 is 1.68. The Bertz CT molecular complexity index is 705. The van der Waals surface area contributed by atoms with Gasteiger partial charge in [-0.15, -0.1) is 11.3 Å². The van der Waals surface area contributed by atoms with Crippen LogP contribution in [0.4, 0.5) is 0 Å². The predicted octanol–water partition coefficient (Wildman–Crippen LogP) is 4.16. The third-order valence-electron chi connectivity index (χ3n) is 3.51. The van der Waals surface area contributed by atoms with Gasteiger partial charge >= 0.3 is 0 Å². The van der Waals surface area contributed by atoms with Crippen molar-refractivity contribution in [3.05, 3.63) is 59.1 Å². The minimum Gasteiger partial charge on any atom is -0.486 e. The average molecular weight is 298 g/mol. The van der Waals surface area contributed by atoms with Gasteiger partial charge in [-0.3, -0.25) is 0 Å². The molecule has 0 bridgehead atoms. The van der Waals surface area contributed by atoms with Crippen LogP contribution in [-0.2, 0) is 6.61 Å². The molecule has 0 radical (unpaired) electrons. The standard InChI is InChI=1S/C17H18N2OS/c1-12(18-2)13-7-3-5-9-15(13)20-11-17-19-14-8-4-6-10-16(14)21-17/h3-10,12,18H,11H2,1-2H3. The molecule has 0 aliphatic carbocycles. The van der Waals surface area contributed by atoms with Gasteiger partial charge in [0, 0.05) is 11.6 Å². The second-order valence-electron chi connectivity index (χ2n) is 4.91. The van der Waals surface area contributed by atoms with Crippen LogP contribution in [0.2, 0.25) is 0 Å². The molecule has 0 spiro atoms. The van der Waals surface area contributed by atoms with Crippen molar-refractivity contribution in [2.24, 2.45) is 0 Å². The summed E-state index contributed by atoms with van der Waals surface area (Å²) in [4.78, 5) is 4.60. The maximum atomic E-state index is 5.98. The van der Waals surface area contributed by atoms with E-state index in [1.807, 2.05) is 43.4 Å². The zero-order valence-corrected chi connectivity index (χ0v) is 13.0. The van der Waals surface area contributed by atoms with Crippen molar-refractivity contribution >= 4 is 21.6 Å². The lowest BCUT2D eigenvalue weighted by Crippen LogP contribution is -2.13. The van der Waals surface area contributed by atoms with E-state index in [0.29, 0.717) is 6.61 Å². The fourth-order valence-corrected chi connectivity index (χ4v) is 3.13. The molecule has 4 heteroatoms. The average Bonchev–Trinajstić information content (AvgIpc) is 2.95. The second-order valence-corrected chi connectivity index (χ2v) is 6.03. The van der Waals surface area contributed by atoms with Crippen LogP contribution < -0.4 is 10.1 Å². The van der Waals surface area contributed by atoms with E-state index in [-0.39, 0.29) is 6.04 Å². The highest BCUT2D eigenvalue weighted by atomic mass is 32.1. The molecule has 0 amide bonds. The van der Waals surface area contributed by atoms with E-state index >= 15 is 0 Å². The minimum absolute atomic E-state index is 0.261. The molecule has 1 unspecified atom stereocenters. The Hall–Kier alpha value is -1.91. The molecule has 3 rings (SSSR count). The number of thiazole rings is 1. The van der Waals surface area contributed by atoms with E-state index in [2.05, 4.69) is 29.4 Å². The monoisotopic (exact) mass is 298 g/mol. The Kier molecular flexibility index (Phi) is 4.18. The number of ether oxygens (including phenoxy) is 1. The summed E-state index contributed by atoms with van der Waals surface area (Å²) in [6.45, 7) is 2.63. The van der Waals surface area contributed by atoms with Gasteiger partial charge in [0.25, 0.3) is 0 Å². The summed E-state index contributed by atoms with van der Waals surface area (Å²) in [5.74, 6) is 0.915. The smallest absolute Gasteiger partial charge is 0.140 e. The lowest BCUT2D eigenvalue weighted by Gasteiger charge is -2.15. The highest BCUT2D eigenvalue weighted by Gasteiger charge is 2.10. The Morgan fingerprint density at radius 3 is 2.71 bits per heavy atom. The van der Waals surface area contributed by atoms with Crippen molar-refractivity contribution < 1.29 is 4.74 Å². The van der Waals surface area contributed by atoms with Gasteiger partial charge in [0.1, 0.15) is 17.4 Å². The Morgan fingerprint density at radius 1 is 1.14 bits per heavy atom. The Labute approximate surface area is 128 Å². The van der Waals surface area contributed by atoms with Crippen LogP contribution in [0.15, 0.2) is 48.5 Å². The maximum absolute atomic E-state index is 5.98. The fraction of sp³-hybridized carbons (Fsp3) is 0.235. The molecule has 0 fully saturated rings. The van der Waals surface area contributed by atoms with Gasteiger partial charge in [0.2, 0.25) is 0 Å². The quantitative estimate of drug-likeness (QED) is 0.768. The molecule has 3 nitrogen and oxygen atoms in total. The maximum Gasteiger partial charge on any atom is 0.140 e. The summed E-state index contributed by atoms with van der Waals surface area (Å²) < 4.78 is 7.19. The van der Waals surface area contributed by atoms with Crippen molar-refractivity contribution in [1.29, 1.82) is 0 Å². The zero-order valence-electron chi connectivity index (χ0n) is 12.2. The molecule has 2 aromatic carbocycles. The van der Waals surface area contributed by atoms with Crippen LogP contribution in [-0.4, -0.2) is 12.0 Å². The lowest BCUT2D eigenvalue weighted by molar-refractivity contribution is 0.300. The molecule has 0 aliphatic heterocycles. The first-order valence-corrected chi connectivity index (χ1v) is 7.83. The summed E-state index contributed by atoms with van der Waals surface area (Å²) in [7, 11) is 1.95. The van der Waals surface area contributed by atoms with Crippen LogP contribution in [0.1, 0.15) is 23.5 Å². The summed E-state index contributed by atoms with van der Waals surface area (Å²) in [6.07, 6.45) is 0. The molecule has 1 atom stereocenters. The molecule has 0 saturated carbocycles. The third kappa shape index (κ3) is 3.06. The molecular weight excluding hydrogens is 280 g/mol. The Balaban J connectivity index is 1.78. The van der Waals surface area contributed by atoms with Gasteiger partial charge < -0.3 is 10.1 Å². The van der Waals surface area contributed by atoms with Crippen LogP contribution in [0.25, 0.3) is 10.2 Å². The SMILES string of the molecule is CNC(C)c1ccccc1OCc1nc2ccccc2s1. The second kappa shape index (κ2) is 6.24. The number of hydrogen-bond donors (Lipinski definition) is 1. The topological polar surface area (TPSA) is 34.1 Å². The van der Waals surface area contributed by atoms with Crippen molar-refractivity contribution in [3.8, 4) is 5.75 Å². The molecule has 108 valence electrons. The molecule has 0 saturated heterocycles. The molecule has 1 aromatic heterocycles. The zero-order chi connectivity index (χ0) is 14.7. The van der Waals surface area contributed by atoms with Gasteiger partial charge in [-0.25, -0.2) is 4.98 Å². The van der Waals surface area contributed by atoms with E-state index < -0.39 is 0 Å². The number of aromatic nitrogens is 1. The lowest BCUT2D eigenvalue weighted by atomic mass is 10.1. The summed E-state index contributed by atoms with van der Waals surface area (Å²) in [5, 5.41) is 4.25. The van der Waals surface area contributed by atoms with Crippen molar-refractivity contribution in [2.75, 3.05) is 7.05 Å². The number of nitrogens with zero attached hydrogens (tertiary/aromatic N) is 1. The highest BCUT2D eigenvalue weighted by molar-refractivity contribution is 7.18. The van der Waals surface area contributed by atoms with Gasteiger partial charge in [-0.05, 0) is 32.2 Å². The van der Waals surface area contributed by atoms with Crippen molar-refractivity contribution in [3.63, 3.8) is 0 Å². The first kappa shape index (κ1) is 14.0. The third-order valence-corrected chi connectivity index (χ3v) is 4.52. The highest BCUT2D eigenvalue weighted by Crippen LogP contribution is 2.27. The normalized spacial score (nSPS) is 12.5. The van der Waals surface area contributed by atoms with Gasteiger partial charge in [-0.2, -0.15) is 0 Å². The van der Waals surface area contributed by atoms with Crippen molar-refractivity contribution in [2.45, 2.75) is 19.6 Å². The van der Waals surface area contributed by atoms with E-state index in [9.17, 15) is 0 Å². The molecule has 21 heavy (non-hydrogen) atoms. The van der Waals surface area contributed by atoms with Crippen LogP contribution in [0, 0.1) is 0 Å². The summed E-state index contributed by atoms with van der Waals surface area (Å²) in [5.41, 5.74) is 2.21. The molecular formula is C17H18N2OS. The molecule has 3 aromatic rings. The van der Waals surface area contributed by atoms with Crippen molar-refractivity contribution in [1.82, 2.24) is 10.3 Å². The Morgan fingerprint density at radius 2 is 1.90 bits per heavy atom. The number of rotatable bonds is 5. The first-order valence-electron chi connectivity index (χ1n) is 7.01. The molecule has 1 N–H and O–H groups in total. The first-order chi connectivity index (χ1) is 10.3. The van der Waals surface area contributed by atoms with E-state index in [4.69, 9.17) is 4.74 Å². The number of para-hydroxylation sites is 2. The number of hydrogen-bond acceptors (Lipinski definition) is 4. The number of fused-ring (bicyclic) bond motifs is 1. The molecule has 0 aliphatic rings. The number of nitrogens with one attached hydrogen (secondary N) is 1. The number of benzene rings is 2. The van der Waals surface area contributed by atoms with Crippen LogP contribution in [0.5, 0.6) is 5.75 Å². The van der Waals surface area contributed by atoms with Gasteiger partial charge in [-0.1, -0.05) is 30.3 Å². The van der Waals surface area contributed by atoms with Crippen LogP contribution in [0.3, 0.4) is 0 Å². The summed E-state index contributed by atoms with van der Waals surface area (Å²) in [6, 6.07) is 16.6. The largest absolute Gasteiger partial charge is 0.486 e. The fourth-order valence-electron chi connectivity index (χ4n) is 2.25. The van der Waals surface area contributed by atoms with E-state index in [0.717, 1.165) is 16.3 Å². The minimum atomic E-state index is 0.261. The van der Waals surface area contributed by atoms with E-state index in [1.165, 1.54) is 10.3 Å².